The van der Waals surface area contributed by atoms with Crippen molar-refractivity contribution in [3.8, 4) is 0 Å². The van der Waals surface area contributed by atoms with E-state index in [2.05, 4.69) is 26.6 Å². The van der Waals surface area contributed by atoms with Gasteiger partial charge < -0.3 is 15.2 Å². The van der Waals surface area contributed by atoms with Crippen molar-refractivity contribution >= 4 is 33.4 Å². The van der Waals surface area contributed by atoms with Gasteiger partial charge in [0.1, 0.15) is 5.69 Å². The number of aromatic nitrogens is 1. The number of anilines is 1. The number of amides is 2. The van der Waals surface area contributed by atoms with E-state index in [-0.39, 0.29) is 11.8 Å². The smallest absolute Gasteiger partial charge is 0.272 e. The van der Waals surface area contributed by atoms with Crippen LogP contribution in [0.2, 0.25) is 0 Å². The molecule has 0 fully saturated rings. The number of carbonyl (C=O) groups is 2. The molecule has 0 bridgehead atoms. The van der Waals surface area contributed by atoms with Gasteiger partial charge in [0.2, 0.25) is 0 Å². The molecular formula is C15H16BrN3O2. The van der Waals surface area contributed by atoms with Crippen molar-refractivity contribution in [1.29, 1.82) is 0 Å². The molecule has 0 atom stereocenters. The fraction of sp³-hybridized carbons (Fsp3) is 0.200. The van der Waals surface area contributed by atoms with Crippen LogP contribution in [-0.4, -0.2) is 23.4 Å². The Bertz CT molecular complexity index is 679. The summed E-state index contributed by atoms with van der Waals surface area (Å²) in [5.41, 5.74) is 1.65. The summed E-state index contributed by atoms with van der Waals surface area (Å²) in [5.74, 6) is -0.401. The van der Waals surface area contributed by atoms with E-state index in [0.717, 1.165) is 4.47 Å². The molecule has 0 aliphatic carbocycles. The number of halogens is 1. The van der Waals surface area contributed by atoms with Crippen LogP contribution in [0.25, 0.3) is 0 Å². The average molecular weight is 350 g/mol. The molecule has 2 N–H and O–H groups in total. The number of nitrogens with one attached hydrogen (secondary N) is 2. The SMILES string of the molecule is CCn1cc(Br)cc1C(=O)Nc1cccc(C(=O)NC)c1. The highest BCUT2D eigenvalue weighted by Gasteiger charge is 2.13. The van der Waals surface area contributed by atoms with Crippen LogP contribution in [0.15, 0.2) is 41.0 Å². The number of aryl methyl sites for hydroxylation is 1. The van der Waals surface area contributed by atoms with Gasteiger partial charge in [-0.3, -0.25) is 9.59 Å². The minimum absolute atomic E-state index is 0.189. The Morgan fingerprint density at radius 1 is 1.24 bits per heavy atom. The Kier molecular flexibility index (Phi) is 4.80. The maximum Gasteiger partial charge on any atom is 0.272 e. The normalized spacial score (nSPS) is 10.2. The van der Waals surface area contributed by atoms with Gasteiger partial charge in [0.05, 0.1) is 0 Å². The van der Waals surface area contributed by atoms with Crippen molar-refractivity contribution in [2.75, 3.05) is 12.4 Å². The van der Waals surface area contributed by atoms with Gasteiger partial charge in [0.15, 0.2) is 0 Å². The second-order valence-electron chi connectivity index (χ2n) is 4.44. The van der Waals surface area contributed by atoms with Crippen molar-refractivity contribution in [3.63, 3.8) is 0 Å². The van der Waals surface area contributed by atoms with Crippen LogP contribution >= 0.6 is 15.9 Å². The first-order chi connectivity index (χ1) is 10.0. The van der Waals surface area contributed by atoms with Crippen LogP contribution in [0.1, 0.15) is 27.8 Å². The van der Waals surface area contributed by atoms with E-state index in [9.17, 15) is 9.59 Å². The predicted molar refractivity (Wildman–Crippen MR) is 85.6 cm³/mol. The fourth-order valence-corrected chi connectivity index (χ4v) is 2.47. The maximum atomic E-state index is 12.3. The van der Waals surface area contributed by atoms with Crippen LogP contribution in [0.3, 0.4) is 0 Å². The number of hydrogen-bond donors (Lipinski definition) is 2. The maximum absolute atomic E-state index is 12.3. The molecule has 1 aromatic heterocycles. The van der Waals surface area contributed by atoms with Crippen LogP contribution in [0.5, 0.6) is 0 Å². The average Bonchev–Trinajstić information content (AvgIpc) is 2.88. The molecule has 0 saturated carbocycles. The predicted octanol–water partition coefficient (Wildman–Crippen LogP) is 2.88. The third kappa shape index (κ3) is 3.52. The van der Waals surface area contributed by atoms with Gasteiger partial charge in [-0.1, -0.05) is 6.07 Å². The minimum atomic E-state index is -0.211. The monoisotopic (exact) mass is 349 g/mol. The van der Waals surface area contributed by atoms with Gasteiger partial charge in [-0.25, -0.2) is 0 Å². The molecule has 2 rings (SSSR count). The highest BCUT2D eigenvalue weighted by atomic mass is 79.9. The quantitative estimate of drug-likeness (QED) is 0.891. The molecule has 5 nitrogen and oxygen atoms in total. The lowest BCUT2D eigenvalue weighted by Crippen LogP contribution is -2.19. The lowest BCUT2D eigenvalue weighted by atomic mass is 10.2. The third-order valence-electron chi connectivity index (χ3n) is 3.05. The Hall–Kier alpha value is -2.08. The topological polar surface area (TPSA) is 63.1 Å². The molecule has 1 heterocycles. The molecule has 0 aliphatic rings. The largest absolute Gasteiger partial charge is 0.355 e. The minimum Gasteiger partial charge on any atom is -0.355 e. The van der Waals surface area contributed by atoms with E-state index < -0.39 is 0 Å². The van der Waals surface area contributed by atoms with E-state index in [0.29, 0.717) is 23.5 Å². The fourth-order valence-electron chi connectivity index (χ4n) is 2.00. The number of benzene rings is 1. The summed E-state index contributed by atoms with van der Waals surface area (Å²) in [4.78, 5) is 23.9. The second kappa shape index (κ2) is 6.58. The van der Waals surface area contributed by atoms with Crippen molar-refractivity contribution in [3.05, 3.63) is 52.3 Å². The number of rotatable bonds is 4. The van der Waals surface area contributed by atoms with Crippen molar-refractivity contribution in [1.82, 2.24) is 9.88 Å². The van der Waals surface area contributed by atoms with E-state index >= 15 is 0 Å². The summed E-state index contributed by atoms with van der Waals surface area (Å²) in [7, 11) is 1.57. The molecule has 1 aromatic carbocycles. The Morgan fingerprint density at radius 2 is 2.00 bits per heavy atom. The zero-order valence-corrected chi connectivity index (χ0v) is 13.4. The van der Waals surface area contributed by atoms with E-state index in [1.54, 1.807) is 37.4 Å². The van der Waals surface area contributed by atoms with Gasteiger partial charge in [0.25, 0.3) is 11.8 Å². The molecule has 0 radical (unpaired) electrons. The van der Waals surface area contributed by atoms with Gasteiger partial charge in [0, 0.05) is 35.5 Å². The van der Waals surface area contributed by atoms with Gasteiger partial charge in [-0.05, 0) is 47.1 Å². The molecule has 0 unspecified atom stereocenters. The first-order valence-electron chi connectivity index (χ1n) is 6.54. The highest BCUT2D eigenvalue weighted by molar-refractivity contribution is 9.10. The van der Waals surface area contributed by atoms with Gasteiger partial charge >= 0.3 is 0 Å². The van der Waals surface area contributed by atoms with Crippen LogP contribution in [0, 0.1) is 0 Å². The standard InChI is InChI=1S/C15H16BrN3O2/c1-3-19-9-11(16)8-13(19)15(21)18-12-6-4-5-10(7-12)14(20)17-2/h4-9H,3H2,1-2H3,(H,17,20)(H,18,21). The summed E-state index contributed by atoms with van der Waals surface area (Å²) in [6, 6.07) is 8.58. The molecule has 0 saturated heterocycles. The number of nitrogens with zero attached hydrogens (tertiary/aromatic N) is 1. The van der Waals surface area contributed by atoms with E-state index in [1.165, 1.54) is 0 Å². The third-order valence-corrected chi connectivity index (χ3v) is 3.48. The number of carbonyl (C=O) groups excluding carboxylic acids is 2. The van der Waals surface area contributed by atoms with Crippen molar-refractivity contribution in [2.45, 2.75) is 13.5 Å². The molecule has 110 valence electrons. The zero-order chi connectivity index (χ0) is 15.4. The Balaban J connectivity index is 2.21. The molecular weight excluding hydrogens is 334 g/mol. The Morgan fingerprint density at radius 3 is 2.67 bits per heavy atom. The van der Waals surface area contributed by atoms with Crippen LogP contribution in [-0.2, 0) is 6.54 Å². The Labute approximate surface area is 131 Å². The summed E-state index contributed by atoms with van der Waals surface area (Å²) >= 11 is 3.36. The molecule has 0 spiro atoms. The van der Waals surface area contributed by atoms with E-state index in [1.807, 2.05) is 17.7 Å². The molecule has 0 aliphatic heterocycles. The summed E-state index contributed by atoms with van der Waals surface area (Å²) in [6.07, 6.45) is 1.86. The summed E-state index contributed by atoms with van der Waals surface area (Å²) < 4.78 is 2.70. The summed E-state index contributed by atoms with van der Waals surface area (Å²) in [6.45, 7) is 2.67. The lowest BCUT2D eigenvalue weighted by molar-refractivity contribution is 0.0961. The summed E-state index contributed by atoms with van der Waals surface area (Å²) in [5, 5.41) is 5.36. The molecule has 2 amide bonds. The molecule has 6 heteroatoms. The van der Waals surface area contributed by atoms with Crippen molar-refractivity contribution < 1.29 is 9.59 Å². The highest BCUT2D eigenvalue weighted by Crippen LogP contribution is 2.17. The van der Waals surface area contributed by atoms with Crippen molar-refractivity contribution in [2.24, 2.45) is 0 Å². The van der Waals surface area contributed by atoms with Crippen LogP contribution in [0.4, 0.5) is 5.69 Å². The second-order valence-corrected chi connectivity index (χ2v) is 5.36. The first kappa shape index (κ1) is 15.3. The van der Waals surface area contributed by atoms with Gasteiger partial charge in [-0.15, -0.1) is 0 Å². The lowest BCUT2D eigenvalue weighted by Gasteiger charge is -2.09. The first-order valence-corrected chi connectivity index (χ1v) is 7.33. The molecule has 2 aromatic rings. The number of hydrogen-bond acceptors (Lipinski definition) is 2. The van der Waals surface area contributed by atoms with E-state index in [4.69, 9.17) is 0 Å². The zero-order valence-electron chi connectivity index (χ0n) is 11.8. The van der Waals surface area contributed by atoms with Gasteiger partial charge in [-0.2, -0.15) is 0 Å². The van der Waals surface area contributed by atoms with Crippen LogP contribution < -0.4 is 10.6 Å². The molecule has 21 heavy (non-hydrogen) atoms.